The van der Waals surface area contributed by atoms with Crippen LogP contribution in [0, 0.1) is 0 Å². The van der Waals surface area contributed by atoms with Crippen molar-refractivity contribution in [3.05, 3.63) is 62.0 Å². The molecule has 0 radical (unpaired) electrons. The maximum Gasteiger partial charge on any atom is 0.123 e. The van der Waals surface area contributed by atoms with E-state index in [9.17, 15) is 0 Å². The molecule has 0 aliphatic rings. The fraction of sp³-hybridized carbons (Fsp3) is 0.200. The van der Waals surface area contributed by atoms with Gasteiger partial charge in [0.1, 0.15) is 5.75 Å². The summed E-state index contributed by atoms with van der Waals surface area (Å²) in [5.41, 5.74) is 4.69. The molecule has 0 amide bonds. The number of rotatable bonds is 5. The van der Waals surface area contributed by atoms with Gasteiger partial charge >= 0.3 is 0 Å². The summed E-state index contributed by atoms with van der Waals surface area (Å²) in [4.78, 5) is 0. The molecule has 0 aliphatic heterocycles. The Balaban J connectivity index is 2.34. The number of hydrazine groups is 1. The van der Waals surface area contributed by atoms with Crippen LogP contribution in [0.15, 0.2) is 40.9 Å². The van der Waals surface area contributed by atoms with Crippen molar-refractivity contribution in [2.75, 3.05) is 7.11 Å². The van der Waals surface area contributed by atoms with Crippen molar-refractivity contribution in [3.63, 3.8) is 0 Å². The molecule has 0 fully saturated rings. The monoisotopic (exact) mass is 388 g/mol. The van der Waals surface area contributed by atoms with Gasteiger partial charge in [0, 0.05) is 20.1 Å². The molecule has 1 atom stereocenters. The minimum absolute atomic E-state index is 0.155. The van der Waals surface area contributed by atoms with Gasteiger partial charge in [0.25, 0.3) is 0 Å². The van der Waals surface area contributed by atoms with Crippen LogP contribution in [0.2, 0.25) is 10.0 Å². The fourth-order valence-corrected chi connectivity index (χ4v) is 3.07. The number of nitrogens with two attached hydrogens (primary N) is 1. The van der Waals surface area contributed by atoms with Gasteiger partial charge in [-0.05, 0) is 42.3 Å². The van der Waals surface area contributed by atoms with Crippen LogP contribution in [0.3, 0.4) is 0 Å². The first kappa shape index (κ1) is 16.6. The zero-order valence-electron chi connectivity index (χ0n) is 11.4. The molecule has 0 aliphatic carbocycles. The molecule has 6 heteroatoms. The zero-order chi connectivity index (χ0) is 15.4. The minimum Gasteiger partial charge on any atom is -0.496 e. The highest BCUT2D eigenvalue weighted by atomic mass is 79.9. The van der Waals surface area contributed by atoms with Crippen LogP contribution in [0.1, 0.15) is 17.2 Å². The Morgan fingerprint density at radius 3 is 2.62 bits per heavy atom. The van der Waals surface area contributed by atoms with E-state index in [1.807, 2.05) is 30.3 Å². The summed E-state index contributed by atoms with van der Waals surface area (Å²) in [5, 5.41) is 1.32. The van der Waals surface area contributed by atoms with Crippen molar-refractivity contribution in [1.29, 1.82) is 0 Å². The molecular formula is C15H15BrCl2N2O. The van der Waals surface area contributed by atoms with Gasteiger partial charge in [-0.3, -0.25) is 11.3 Å². The first-order valence-electron chi connectivity index (χ1n) is 6.28. The molecule has 0 heterocycles. The number of hydrogen-bond acceptors (Lipinski definition) is 3. The van der Waals surface area contributed by atoms with Crippen molar-refractivity contribution in [3.8, 4) is 5.75 Å². The Morgan fingerprint density at radius 2 is 2.00 bits per heavy atom. The smallest absolute Gasteiger partial charge is 0.123 e. The van der Waals surface area contributed by atoms with Crippen LogP contribution in [-0.4, -0.2) is 7.11 Å². The average molecular weight is 390 g/mol. The highest BCUT2D eigenvalue weighted by Gasteiger charge is 2.17. The fourth-order valence-electron chi connectivity index (χ4n) is 2.14. The lowest BCUT2D eigenvalue weighted by Crippen LogP contribution is -2.30. The van der Waals surface area contributed by atoms with E-state index in [0.29, 0.717) is 16.5 Å². The molecule has 0 saturated carbocycles. The Hall–Kier alpha value is -0.780. The highest BCUT2D eigenvalue weighted by molar-refractivity contribution is 9.10. The predicted octanol–water partition coefficient (Wildman–Crippen LogP) is 4.51. The second kappa shape index (κ2) is 7.47. The van der Waals surface area contributed by atoms with Gasteiger partial charge in [0.2, 0.25) is 0 Å². The predicted molar refractivity (Wildman–Crippen MR) is 90.9 cm³/mol. The normalized spacial score (nSPS) is 12.2. The van der Waals surface area contributed by atoms with Gasteiger partial charge < -0.3 is 4.74 Å². The molecule has 21 heavy (non-hydrogen) atoms. The van der Waals surface area contributed by atoms with Crippen molar-refractivity contribution in [1.82, 2.24) is 5.43 Å². The van der Waals surface area contributed by atoms with Gasteiger partial charge in [-0.25, -0.2) is 0 Å². The second-order valence-corrected chi connectivity index (χ2v) is 6.30. The quantitative estimate of drug-likeness (QED) is 0.584. The number of nitrogens with one attached hydrogen (secondary N) is 1. The molecule has 3 N–H and O–H groups in total. The number of ether oxygens (including phenoxy) is 1. The van der Waals surface area contributed by atoms with Crippen molar-refractivity contribution >= 4 is 39.1 Å². The van der Waals surface area contributed by atoms with Crippen LogP contribution in [0.4, 0.5) is 0 Å². The molecule has 3 nitrogen and oxygen atoms in total. The molecule has 2 aromatic carbocycles. The Morgan fingerprint density at radius 1 is 1.24 bits per heavy atom. The molecule has 0 bridgehead atoms. The number of halogens is 3. The molecule has 0 aromatic heterocycles. The second-order valence-electron chi connectivity index (χ2n) is 4.55. The molecule has 2 aromatic rings. The zero-order valence-corrected chi connectivity index (χ0v) is 14.5. The summed E-state index contributed by atoms with van der Waals surface area (Å²) in [5.74, 6) is 6.44. The van der Waals surface area contributed by atoms with Crippen molar-refractivity contribution in [2.24, 2.45) is 5.84 Å². The molecular weight excluding hydrogens is 375 g/mol. The van der Waals surface area contributed by atoms with Gasteiger partial charge in [-0.1, -0.05) is 45.2 Å². The maximum atomic E-state index is 6.27. The largest absolute Gasteiger partial charge is 0.496 e. The third-order valence-corrected chi connectivity index (χ3v) is 4.29. The Bertz CT molecular complexity index is 637. The van der Waals surface area contributed by atoms with E-state index in [2.05, 4.69) is 21.4 Å². The topological polar surface area (TPSA) is 47.3 Å². The summed E-state index contributed by atoms with van der Waals surface area (Å²) in [7, 11) is 1.62. The van der Waals surface area contributed by atoms with Crippen LogP contribution in [0.5, 0.6) is 5.75 Å². The lowest BCUT2D eigenvalue weighted by atomic mass is 9.98. The lowest BCUT2D eigenvalue weighted by molar-refractivity contribution is 0.399. The molecule has 112 valence electrons. The van der Waals surface area contributed by atoms with E-state index in [1.165, 1.54) is 0 Å². The third kappa shape index (κ3) is 4.11. The third-order valence-electron chi connectivity index (χ3n) is 3.21. The van der Waals surface area contributed by atoms with Crippen LogP contribution in [0.25, 0.3) is 0 Å². The van der Waals surface area contributed by atoms with Gasteiger partial charge in [-0.2, -0.15) is 0 Å². The van der Waals surface area contributed by atoms with Gasteiger partial charge in [0.15, 0.2) is 0 Å². The lowest BCUT2D eigenvalue weighted by Gasteiger charge is -2.20. The van der Waals surface area contributed by atoms with E-state index < -0.39 is 0 Å². The summed E-state index contributed by atoms with van der Waals surface area (Å²) < 4.78 is 6.31. The standard InChI is InChI=1S/C15H15BrCl2N2O/c1-21-15-5-4-11(17)8-12(15)14(20-19)6-9-2-3-10(16)7-13(9)18/h2-5,7-8,14,20H,6,19H2,1H3. The van der Waals surface area contributed by atoms with Gasteiger partial charge in [0.05, 0.1) is 13.2 Å². The van der Waals surface area contributed by atoms with E-state index in [0.717, 1.165) is 21.3 Å². The summed E-state index contributed by atoms with van der Waals surface area (Å²) in [6.07, 6.45) is 0.624. The average Bonchev–Trinajstić information content (AvgIpc) is 2.46. The number of benzene rings is 2. The van der Waals surface area contributed by atoms with Crippen LogP contribution in [-0.2, 0) is 6.42 Å². The maximum absolute atomic E-state index is 6.27. The summed E-state index contributed by atoms with van der Waals surface area (Å²) in [6.45, 7) is 0. The van der Waals surface area contributed by atoms with Crippen LogP contribution < -0.4 is 16.0 Å². The summed E-state index contributed by atoms with van der Waals surface area (Å²) in [6, 6.07) is 11.1. The Kier molecular flexibility index (Phi) is 5.90. The number of hydrogen-bond donors (Lipinski definition) is 2. The minimum atomic E-state index is -0.155. The Labute approximate surface area is 142 Å². The van der Waals surface area contributed by atoms with E-state index >= 15 is 0 Å². The van der Waals surface area contributed by atoms with Crippen molar-refractivity contribution in [2.45, 2.75) is 12.5 Å². The SMILES string of the molecule is COc1ccc(Cl)cc1C(Cc1ccc(Br)cc1Cl)NN. The van der Waals surface area contributed by atoms with Crippen LogP contribution >= 0.6 is 39.1 Å². The molecule has 0 saturated heterocycles. The molecule has 1 unspecified atom stereocenters. The first-order chi connectivity index (χ1) is 10.0. The van der Waals surface area contributed by atoms with E-state index in [1.54, 1.807) is 13.2 Å². The summed E-state index contributed by atoms with van der Waals surface area (Å²) >= 11 is 15.7. The molecule has 0 spiro atoms. The van der Waals surface area contributed by atoms with Gasteiger partial charge in [-0.15, -0.1) is 0 Å². The van der Waals surface area contributed by atoms with E-state index in [-0.39, 0.29) is 6.04 Å². The highest BCUT2D eigenvalue weighted by Crippen LogP contribution is 2.32. The molecule has 2 rings (SSSR count). The van der Waals surface area contributed by atoms with E-state index in [4.69, 9.17) is 33.8 Å². The first-order valence-corrected chi connectivity index (χ1v) is 7.83. The van der Waals surface area contributed by atoms with Crippen molar-refractivity contribution < 1.29 is 4.74 Å². The number of methoxy groups -OCH3 is 1.